The molecule has 0 amide bonds. The van der Waals surface area contributed by atoms with Crippen LogP contribution in [-0.2, 0) is 16.0 Å². The van der Waals surface area contributed by atoms with Crippen LogP contribution in [0, 0.1) is 0 Å². The smallest absolute Gasteiger partial charge is 0.302 e. The van der Waals surface area contributed by atoms with Crippen LogP contribution in [0.1, 0.15) is 47.6 Å². The summed E-state index contributed by atoms with van der Waals surface area (Å²) >= 11 is 5.54. The monoisotopic (exact) mass is 406 g/mol. The Morgan fingerprint density at radius 2 is 1.32 bits per heavy atom. The van der Waals surface area contributed by atoms with Crippen molar-refractivity contribution in [3.63, 3.8) is 0 Å². The fraction of sp³-hybridized carbons (Fsp3) is 0.320. The molecular formula is C25H39ClO2. The SMILES string of the molecule is C.C=CCOC(C)=O.C=CCc1ccccc1.CC.CC.Clc1ccccc1. The van der Waals surface area contributed by atoms with Gasteiger partial charge in [0.2, 0.25) is 0 Å². The van der Waals surface area contributed by atoms with E-state index in [9.17, 15) is 4.79 Å². The molecule has 0 radical (unpaired) electrons. The summed E-state index contributed by atoms with van der Waals surface area (Å²) in [6, 6.07) is 19.7. The molecular weight excluding hydrogens is 368 g/mol. The standard InChI is InChI=1S/C9H10.C6H5Cl.C5H8O2.2C2H6.CH4/c1-2-6-9-7-4-3-5-8-9;7-6-4-2-1-3-5-6;1-3-4-7-5(2)6;2*1-2;/h2-5,7-8H,1,6H2;1-5H;3H,1,4H2,2H3;2*1-2H3;1H4. The number of allylic oxidation sites excluding steroid dienone is 1. The maximum Gasteiger partial charge on any atom is 0.302 e. The summed E-state index contributed by atoms with van der Waals surface area (Å²) in [4.78, 5) is 9.93. The predicted octanol–water partition coefficient (Wildman–Crippen LogP) is 8.18. The van der Waals surface area contributed by atoms with Crippen LogP contribution < -0.4 is 0 Å². The van der Waals surface area contributed by atoms with Crippen molar-refractivity contribution in [3.05, 3.63) is 96.6 Å². The average molecular weight is 407 g/mol. The van der Waals surface area contributed by atoms with Gasteiger partial charge in [-0.15, -0.1) is 6.58 Å². The van der Waals surface area contributed by atoms with Crippen LogP contribution >= 0.6 is 11.6 Å². The second kappa shape index (κ2) is 29.4. The van der Waals surface area contributed by atoms with Gasteiger partial charge in [-0.3, -0.25) is 4.79 Å². The summed E-state index contributed by atoms with van der Waals surface area (Å²) in [5.41, 5.74) is 1.33. The number of halogens is 1. The van der Waals surface area contributed by atoms with Crippen LogP contribution in [0.5, 0.6) is 0 Å². The first-order valence-corrected chi connectivity index (χ1v) is 9.57. The lowest BCUT2D eigenvalue weighted by Gasteiger charge is -1.91. The van der Waals surface area contributed by atoms with Crippen molar-refractivity contribution in [1.29, 1.82) is 0 Å². The molecule has 0 unspecified atom stereocenters. The number of rotatable bonds is 4. The van der Waals surface area contributed by atoms with Crippen molar-refractivity contribution in [2.24, 2.45) is 0 Å². The largest absolute Gasteiger partial charge is 0.462 e. The molecule has 0 heterocycles. The number of ether oxygens (including phenoxy) is 1. The summed E-state index contributed by atoms with van der Waals surface area (Å²) in [5.74, 6) is -0.264. The molecule has 0 aliphatic rings. The molecule has 0 atom stereocenters. The number of hydrogen-bond donors (Lipinski definition) is 0. The number of carbonyl (C=O) groups excluding carboxylic acids is 1. The first kappa shape index (κ1) is 33.3. The highest BCUT2D eigenvalue weighted by atomic mass is 35.5. The number of carbonyl (C=O) groups is 1. The molecule has 0 spiro atoms. The molecule has 2 aromatic carbocycles. The van der Waals surface area contributed by atoms with Crippen LogP contribution in [0.4, 0.5) is 0 Å². The van der Waals surface area contributed by atoms with Crippen LogP contribution in [-0.4, -0.2) is 12.6 Å². The number of esters is 1. The van der Waals surface area contributed by atoms with Crippen LogP contribution in [0.15, 0.2) is 86.0 Å². The highest BCUT2D eigenvalue weighted by Gasteiger charge is 1.83. The van der Waals surface area contributed by atoms with E-state index in [2.05, 4.69) is 30.0 Å². The molecule has 2 nitrogen and oxygen atoms in total. The lowest BCUT2D eigenvalue weighted by atomic mass is 10.2. The minimum atomic E-state index is -0.264. The van der Waals surface area contributed by atoms with E-state index in [1.54, 1.807) is 0 Å². The normalized spacial score (nSPS) is 7.36. The van der Waals surface area contributed by atoms with Crippen LogP contribution in [0.2, 0.25) is 5.02 Å². The van der Waals surface area contributed by atoms with Crippen LogP contribution in [0.3, 0.4) is 0 Å². The van der Waals surface area contributed by atoms with Crippen molar-refractivity contribution in [2.75, 3.05) is 6.61 Å². The first-order valence-electron chi connectivity index (χ1n) is 9.19. The van der Waals surface area contributed by atoms with E-state index in [-0.39, 0.29) is 13.4 Å². The Hall–Kier alpha value is -2.32. The Bertz CT molecular complexity index is 551. The van der Waals surface area contributed by atoms with Gasteiger partial charge in [-0.1, -0.05) is 114 Å². The minimum Gasteiger partial charge on any atom is -0.462 e. The Morgan fingerprint density at radius 1 is 0.893 bits per heavy atom. The minimum absolute atomic E-state index is 0. The lowest BCUT2D eigenvalue weighted by Crippen LogP contribution is -1.96. The zero-order valence-corrected chi connectivity index (χ0v) is 18.2. The molecule has 2 aromatic rings. The van der Waals surface area contributed by atoms with Gasteiger partial charge in [0.15, 0.2) is 0 Å². The van der Waals surface area contributed by atoms with E-state index < -0.39 is 0 Å². The number of benzene rings is 2. The summed E-state index contributed by atoms with van der Waals surface area (Å²) in [6.45, 7) is 16.7. The Balaban J connectivity index is -0.000000140. The second-order valence-electron chi connectivity index (χ2n) is 4.37. The topological polar surface area (TPSA) is 26.3 Å². The summed E-state index contributed by atoms with van der Waals surface area (Å²) in [5, 5.41) is 0.794. The molecule has 3 heteroatoms. The van der Waals surface area contributed by atoms with E-state index in [1.807, 2.05) is 82.3 Å². The molecule has 0 bridgehead atoms. The van der Waals surface area contributed by atoms with Gasteiger partial charge in [0.05, 0.1) is 0 Å². The maximum absolute atomic E-state index is 9.93. The highest BCUT2D eigenvalue weighted by molar-refractivity contribution is 6.30. The van der Waals surface area contributed by atoms with Gasteiger partial charge < -0.3 is 4.74 Å². The molecule has 0 N–H and O–H groups in total. The molecule has 0 aromatic heterocycles. The van der Waals surface area contributed by atoms with Crippen molar-refractivity contribution >= 4 is 17.6 Å². The van der Waals surface area contributed by atoms with Crippen molar-refractivity contribution in [2.45, 2.75) is 48.5 Å². The zero-order valence-electron chi connectivity index (χ0n) is 17.5. The van der Waals surface area contributed by atoms with Gasteiger partial charge >= 0.3 is 5.97 Å². The van der Waals surface area contributed by atoms with Gasteiger partial charge in [0.1, 0.15) is 6.61 Å². The lowest BCUT2D eigenvalue weighted by molar-refractivity contribution is -0.139. The zero-order chi connectivity index (χ0) is 21.3. The fourth-order valence-corrected chi connectivity index (χ4v) is 1.52. The van der Waals surface area contributed by atoms with E-state index in [0.29, 0.717) is 6.61 Å². The fourth-order valence-electron chi connectivity index (χ4n) is 1.37. The predicted molar refractivity (Wildman–Crippen MR) is 128 cm³/mol. The average Bonchev–Trinajstić information content (AvgIpc) is 2.72. The van der Waals surface area contributed by atoms with Crippen molar-refractivity contribution in [3.8, 4) is 0 Å². The third-order valence-corrected chi connectivity index (χ3v) is 2.61. The maximum atomic E-state index is 9.93. The molecule has 0 fully saturated rings. The summed E-state index contributed by atoms with van der Waals surface area (Å²) < 4.78 is 4.43. The third kappa shape index (κ3) is 28.5. The third-order valence-electron chi connectivity index (χ3n) is 2.36. The van der Waals surface area contributed by atoms with Gasteiger partial charge in [-0.25, -0.2) is 0 Å². The first-order chi connectivity index (χ1) is 13.1. The van der Waals surface area contributed by atoms with E-state index in [1.165, 1.54) is 18.6 Å². The second-order valence-corrected chi connectivity index (χ2v) is 4.80. The van der Waals surface area contributed by atoms with Crippen molar-refractivity contribution in [1.82, 2.24) is 0 Å². The van der Waals surface area contributed by atoms with Gasteiger partial charge in [-0.05, 0) is 24.1 Å². The van der Waals surface area contributed by atoms with E-state index >= 15 is 0 Å². The molecule has 0 aliphatic heterocycles. The van der Waals surface area contributed by atoms with Gasteiger partial charge in [-0.2, -0.15) is 0 Å². The molecule has 158 valence electrons. The van der Waals surface area contributed by atoms with Crippen molar-refractivity contribution < 1.29 is 9.53 Å². The van der Waals surface area contributed by atoms with Gasteiger partial charge in [0.25, 0.3) is 0 Å². The van der Waals surface area contributed by atoms with Crippen LogP contribution in [0.25, 0.3) is 0 Å². The van der Waals surface area contributed by atoms with E-state index in [4.69, 9.17) is 11.6 Å². The number of hydrogen-bond acceptors (Lipinski definition) is 2. The molecule has 0 saturated heterocycles. The molecule has 0 saturated carbocycles. The highest BCUT2D eigenvalue weighted by Crippen LogP contribution is 2.03. The Kier molecular flexibility index (Phi) is 35.0. The summed E-state index contributed by atoms with van der Waals surface area (Å²) in [6.07, 6.45) is 4.41. The van der Waals surface area contributed by atoms with E-state index in [0.717, 1.165) is 11.4 Å². The summed E-state index contributed by atoms with van der Waals surface area (Å²) in [7, 11) is 0. The van der Waals surface area contributed by atoms with Gasteiger partial charge in [0, 0.05) is 11.9 Å². The molecule has 28 heavy (non-hydrogen) atoms. The quantitative estimate of drug-likeness (QED) is 0.378. The molecule has 0 aliphatic carbocycles. The Morgan fingerprint density at radius 3 is 1.57 bits per heavy atom. The molecule has 2 rings (SSSR count). The Labute approximate surface area is 178 Å².